The van der Waals surface area contributed by atoms with Crippen molar-refractivity contribution in [3.8, 4) is 0 Å². The quantitative estimate of drug-likeness (QED) is 0.821. The number of thiazole rings is 1. The summed E-state index contributed by atoms with van der Waals surface area (Å²) in [5.41, 5.74) is 0.970. The molecule has 0 aromatic carbocycles. The lowest BCUT2D eigenvalue weighted by Crippen LogP contribution is -2.05. The van der Waals surface area contributed by atoms with Crippen LogP contribution in [0.2, 0.25) is 0 Å². The van der Waals surface area contributed by atoms with E-state index in [4.69, 9.17) is 0 Å². The van der Waals surface area contributed by atoms with Gasteiger partial charge >= 0.3 is 0 Å². The molecule has 4 rings (SSSR count). The Balaban J connectivity index is 1.45. The van der Waals surface area contributed by atoms with Crippen molar-refractivity contribution in [1.29, 1.82) is 0 Å². The van der Waals surface area contributed by atoms with E-state index < -0.39 is 0 Å². The Morgan fingerprint density at radius 2 is 2.23 bits per heavy atom. The zero-order chi connectivity index (χ0) is 15.1. The second-order valence-corrected chi connectivity index (χ2v) is 7.63. The maximum absolute atomic E-state index is 11.0. The molecule has 0 bridgehead atoms. The molecule has 0 unspecified atom stereocenters. The highest BCUT2D eigenvalue weighted by Gasteiger charge is 2.36. The molecule has 0 aliphatic heterocycles. The van der Waals surface area contributed by atoms with Crippen molar-refractivity contribution in [3.63, 3.8) is 0 Å². The number of anilines is 1. The number of amides is 1. The van der Waals surface area contributed by atoms with Crippen LogP contribution in [0.25, 0.3) is 0 Å². The minimum absolute atomic E-state index is 0.0869. The lowest BCUT2D eigenvalue weighted by molar-refractivity contribution is -0.114. The van der Waals surface area contributed by atoms with Crippen LogP contribution in [-0.4, -0.2) is 25.7 Å². The summed E-state index contributed by atoms with van der Waals surface area (Å²) < 4.78 is 2.35. The van der Waals surface area contributed by atoms with E-state index >= 15 is 0 Å². The van der Waals surface area contributed by atoms with Gasteiger partial charge in [0.2, 0.25) is 5.91 Å². The molecule has 0 saturated heterocycles. The zero-order valence-corrected chi connectivity index (χ0v) is 13.9. The van der Waals surface area contributed by atoms with Crippen LogP contribution in [0.1, 0.15) is 56.1 Å². The van der Waals surface area contributed by atoms with Crippen LogP contribution < -0.4 is 5.32 Å². The molecular weight excluding hydrogens is 318 g/mol. The van der Waals surface area contributed by atoms with E-state index in [1.54, 1.807) is 11.8 Å². The van der Waals surface area contributed by atoms with Crippen LogP contribution in [0.5, 0.6) is 0 Å². The summed E-state index contributed by atoms with van der Waals surface area (Å²) >= 11 is 3.14. The van der Waals surface area contributed by atoms with Crippen molar-refractivity contribution in [2.24, 2.45) is 0 Å². The topological polar surface area (TPSA) is 72.7 Å². The first-order valence-corrected chi connectivity index (χ1v) is 9.37. The summed E-state index contributed by atoms with van der Waals surface area (Å²) in [6, 6.07) is 0.610. The lowest BCUT2D eigenvalue weighted by atomic mass is 10.4. The predicted octanol–water partition coefficient (Wildman–Crippen LogP) is 3.20. The fourth-order valence-corrected chi connectivity index (χ4v) is 4.17. The Morgan fingerprint density at radius 1 is 1.41 bits per heavy atom. The van der Waals surface area contributed by atoms with Gasteiger partial charge in [-0.15, -0.1) is 21.5 Å². The average molecular weight is 335 g/mol. The van der Waals surface area contributed by atoms with E-state index in [-0.39, 0.29) is 5.91 Å². The van der Waals surface area contributed by atoms with Gasteiger partial charge < -0.3 is 9.88 Å². The third-order valence-electron chi connectivity index (χ3n) is 3.73. The van der Waals surface area contributed by atoms with Gasteiger partial charge in [-0.05, 0) is 25.7 Å². The monoisotopic (exact) mass is 335 g/mol. The van der Waals surface area contributed by atoms with Crippen LogP contribution in [0, 0.1) is 0 Å². The molecule has 116 valence electrons. The predicted molar refractivity (Wildman–Crippen MR) is 86.2 cm³/mol. The fourth-order valence-electron chi connectivity index (χ4n) is 2.40. The van der Waals surface area contributed by atoms with Crippen molar-refractivity contribution in [1.82, 2.24) is 19.7 Å². The number of thioether (sulfide) groups is 1. The van der Waals surface area contributed by atoms with Gasteiger partial charge in [0.15, 0.2) is 10.3 Å². The first kappa shape index (κ1) is 14.2. The number of hydrogen-bond donors (Lipinski definition) is 1. The van der Waals surface area contributed by atoms with Crippen molar-refractivity contribution in [3.05, 3.63) is 16.9 Å². The van der Waals surface area contributed by atoms with Crippen LogP contribution in [0.15, 0.2) is 10.5 Å². The molecule has 6 nitrogen and oxygen atoms in total. The second-order valence-electron chi connectivity index (χ2n) is 5.83. The van der Waals surface area contributed by atoms with Crippen molar-refractivity contribution in [2.45, 2.75) is 55.5 Å². The Labute approximate surface area is 136 Å². The summed E-state index contributed by atoms with van der Waals surface area (Å²) in [6.45, 7) is 1.49. The molecule has 2 aromatic rings. The van der Waals surface area contributed by atoms with Gasteiger partial charge in [0.25, 0.3) is 0 Å². The third-order valence-corrected chi connectivity index (χ3v) is 5.51. The summed E-state index contributed by atoms with van der Waals surface area (Å²) in [7, 11) is 0. The van der Waals surface area contributed by atoms with Gasteiger partial charge in [-0.25, -0.2) is 4.98 Å². The second kappa shape index (κ2) is 5.66. The molecule has 1 amide bonds. The summed E-state index contributed by atoms with van der Waals surface area (Å²) in [4.78, 5) is 15.4. The highest BCUT2D eigenvalue weighted by Crippen LogP contribution is 2.46. The molecule has 2 aromatic heterocycles. The van der Waals surface area contributed by atoms with Crippen LogP contribution >= 0.6 is 23.1 Å². The fraction of sp³-hybridized carbons (Fsp3) is 0.571. The average Bonchev–Trinajstić information content (AvgIpc) is 3.40. The van der Waals surface area contributed by atoms with Gasteiger partial charge in [-0.1, -0.05) is 11.8 Å². The highest BCUT2D eigenvalue weighted by atomic mass is 32.2. The van der Waals surface area contributed by atoms with Gasteiger partial charge in [-0.2, -0.15) is 0 Å². The first-order valence-electron chi connectivity index (χ1n) is 7.50. The highest BCUT2D eigenvalue weighted by molar-refractivity contribution is 7.98. The number of rotatable bonds is 6. The van der Waals surface area contributed by atoms with Crippen molar-refractivity contribution in [2.75, 3.05) is 5.32 Å². The maximum atomic E-state index is 11.0. The van der Waals surface area contributed by atoms with E-state index in [9.17, 15) is 4.79 Å². The molecule has 2 saturated carbocycles. The SMILES string of the molecule is CC(=O)Nc1nc(CSc2nnc(C3CC3)n2C2CC2)cs1. The van der Waals surface area contributed by atoms with Crippen LogP contribution in [-0.2, 0) is 10.5 Å². The van der Waals surface area contributed by atoms with E-state index in [1.807, 2.05) is 5.38 Å². The normalized spacial score (nSPS) is 17.7. The third kappa shape index (κ3) is 3.03. The lowest BCUT2D eigenvalue weighted by Gasteiger charge is -2.07. The zero-order valence-electron chi connectivity index (χ0n) is 12.3. The number of hydrogen-bond acceptors (Lipinski definition) is 6. The molecule has 22 heavy (non-hydrogen) atoms. The first-order chi connectivity index (χ1) is 10.7. The van der Waals surface area contributed by atoms with Gasteiger partial charge in [0, 0.05) is 30.0 Å². The summed E-state index contributed by atoms with van der Waals surface area (Å²) in [5, 5.41) is 15.2. The molecule has 0 atom stereocenters. The molecule has 8 heteroatoms. The molecule has 2 aliphatic carbocycles. The molecular formula is C14H17N5OS2. The summed E-state index contributed by atoms with van der Waals surface area (Å²) in [5.74, 6) is 2.48. The number of carbonyl (C=O) groups excluding carboxylic acids is 1. The van der Waals surface area contributed by atoms with E-state index in [2.05, 4.69) is 25.1 Å². The van der Waals surface area contributed by atoms with Crippen molar-refractivity contribution < 1.29 is 4.79 Å². The van der Waals surface area contributed by atoms with Crippen LogP contribution in [0.4, 0.5) is 5.13 Å². The molecule has 2 aliphatic rings. The van der Waals surface area contributed by atoms with E-state index in [1.165, 1.54) is 49.8 Å². The number of nitrogens with one attached hydrogen (secondary N) is 1. The van der Waals surface area contributed by atoms with Crippen molar-refractivity contribution >= 4 is 34.1 Å². The maximum Gasteiger partial charge on any atom is 0.223 e. The smallest absolute Gasteiger partial charge is 0.223 e. The van der Waals surface area contributed by atoms with Gasteiger partial charge in [0.05, 0.1) is 5.69 Å². The van der Waals surface area contributed by atoms with E-state index in [0.29, 0.717) is 17.1 Å². The molecule has 0 spiro atoms. The Kier molecular flexibility index (Phi) is 3.65. The molecule has 1 N–H and O–H groups in total. The minimum Gasteiger partial charge on any atom is -0.303 e. The summed E-state index contributed by atoms with van der Waals surface area (Å²) in [6.07, 6.45) is 4.99. The number of carbonyl (C=O) groups is 1. The Bertz CT molecular complexity index is 702. The molecule has 0 radical (unpaired) electrons. The van der Waals surface area contributed by atoms with Gasteiger partial charge in [-0.3, -0.25) is 4.79 Å². The standard InChI is InChI=1S/C14H17N5OS2/c1-8(20)15-13-16-10(6-21-13)7-22-14-18-17-12(9-2-3-9)19(14)11-4-5-11/h6,9,11H,2-5,7H2,1H3,(H,15,16,20). The minimum atomic E-state index is -0.0869. The number of aromatic nitrogens is 4. The molecule has 2 heterocycles. The van der Waals surface area contributed by atoms with Crippen LogP contribution in [0.3, 0.4) is 0 Å². The molecule has 2 fully saturated rings. The largest absolute Gasteiger partial charge is 0.303 e. The number of nitrogens with zero attached hydrogens (tertiary/aromatic N) is 4. The Morgan fingerprint density at radius 3 is 2.91 bits per heavy atom. The Hall–Kier alpha value is -1.41. The van der Waals surface area contributed by atoms with Gasteiger partial charge in [0.1, 0.15) is 5.82 Å². The van der Waals surface area contributed by atoms with E-state index in [0.717, 1.165) is 16.6 Å².